The number of nitrogens with one attached hydrogen (secondary N) is 1. The first-order chi connectivity index (χ1) is 17.0. The lowest BCUT2D eigenvalue weighted by atomic mass is 10.2. The van der Waals surface area contributed by atoms with Crippen molar-refractivity contribution in [1.82, 2.24) is 0 Å². The van der Waals surface area contributed by atoms with Gasteiger partial charge in [-0.15, -0.1) is 0 Å². The molecule has 8 nitrogen and oxygen atoms in total. The molecular weight excluding hydrogens is 466 g/mol. The summed E-state index contributed by atoms with van der Waals surface area (Å²) in [4.78, 5) is 15.4. The molecule has 0 unspecified atom stereocenters. The van der Waals surface area contributed by atoms with E-state index in [2.05, 4.69) is 10.2 Å². The van der Waals surface area contributed by atoms with Crippen molar-refractivity contribution in [1.29, 1.82) is 0 Å². The largest absolute Gasteiger partial charge is 0.486 e. The molecule has 3 aromatic carbocycles. The van der Waals surface area contributed by atoms with E-state index in [-0.39, 0.29) is 4.90 Å². The molecule has 0 aromatic heterocycles. The highest BCUT2D eigenvalue weighted by molar-refractivity contribution is 7.92. The van der Waals surface area contributed by atoms with Crippen LogP contribution in [0.5, 0.6) is 11.5 Å². The van der Waals surface area contributed by atoms with Crippen LogP contribution in [0.15, 0.2) is 77.7 Å². The van der Waals surface area contributed by atoms with Crippen LogP contribution in [0.3, 0.4) is 0 Å². The zero-order valence-electron chi connectivity index (χ0n) is 19.2. The molecule has 35 heavy (non-hydrogen) atoms. The van der Waals surface area contributed by atoms with Gasteiger partial charge in [-0.05, 0) is 61.4 Å². The Kier molecular flexibility index (Phi) is 6.50. The third-order valence-corrected chi connectivity index (χ3v) is 7.84. The van der Waals surface area contributed by atoms with Crippen LogP contribution in [-0.2, 0) is 14.8 Å². The molecule has 0 atom stereocenters. The Morgan fingerprint density at radius 2 is 1.57 bits per heavy atom. The van der Waals surface area contributed by atoms with Gasteiger partial charge in [-0.2, -0.15) is 0 Å². The van der Waals surface area contributed by atoms with E-state index in [1.165, 1.54) is 25.0 Å². The van der Waals surface area contributed by atoms with Crippen molar-refractivity contribution >= 4 is 33.0 Å². The van der Waals surface area contributed by atoms with Crippen LogP contribution in [0.1, 0.15) is 12.8 Å². The molecule has 182 valence electrons. The molecule has 0 spiro atoms. The molecule has 3 aromatic rings. The first-order valence-corrected chi connectivity index (χ1v) is 13.1. The molecule has 1 N–H and O–H groups in total. The number of benzene rings is 3. The van der Waals surface area contributed by atoms with Gasteiger partial charge in [0.05, 0.1) is 10.6 Å². The molecule has 0 aliphatic carbocycles. The van der Waals surface area contributed by atoms with Gasteiger partial charge in [0.25, 0.3) is 10.0 Å². The highest BCUT2D eigenvalue weighted by Crippen LogP contribution is 2.35. The number of ether oxygens (including phenoxy) is 2. The van der Waals surface area contributed by atoms with E-state index >= 15 is 0 Å². The lowest BCUT2D eigenvalue weighted by Crippen LogP contribution is -2.38. The van der Waals surface area contributed by atoms with Gasteiger partial charge in [0.15, 0.2) is 11.5 Å². The van der Waals surface area contributed by atoms with Crippen LogP contribution < -0.4 is 24.0 Å². The summed E-state index contributed by atoms with van der Waals surface area (Å²) in [5.74, 6) is 0.535. The topological polar surface area (TPSA) is 88.2 Å². The zero-order valence-corrected chi connectivity index (χ0v) is 20.0. The van der Waals surface area contributed by atoms with Gasteiger partial charge >= 0.3 is 0 Å². The second-order valence-electron chi connectivity index (χ2n) is 8.44. The maximum absolute atomic E-state index is 13.5. The molecule has 2 aliphatic heterocycles. The Balaban J connectivity index is 1.39. The van der Waals surface area contributed by atoms with Crippen molar-refractivity contribution in [3.05, 3.63) is 72.8 Å². The smallest absolute Gasteiger partial charge is 0.264 e. The molecule has 2 aliphatic rings. The van der Waals surface area contributed by atoms with Gasteiger partial charge in [0.2, 0.25) is 5.91 Å². The van der Waals surface area contributed by atoms with E-state index in [0.717, 1.165) is 23.1 Å². The predicted octanol–water partition coefficient (Wildman–Crippen LogP) is 3.89. The van der Waals surface area contributed by atoms with Crippen LogP contribution in [0, 0.1) is 0 Å². The van der Waals surface area contributed by atoms with E-state index in [9.17, 15) is 13.2 Å². The standard InChI is InChI=1S/C26H27N3O5S/c30-26(27-20-8-10-21(11-9-20)28-14-4-5-15-28)19-29(35(31,32)23-6-2-1-3-7-23)22-12-13-24-25(18-22)34-17-16-33-24/h1-3,6-13,18H,4-5,14-17,19H2,(H,27,30). The number of sulfonamides is 1. The third kappa shape index (κ3) is 5.05. The van der Waals surface area contributed by atoms with E-state index in [1.54, 1.807) is 36.4 Å². The highest BCUT2D eigenvalue weighted by Gasteiger charge is 2.28. The van der Waals surface area contributed by atoms with Crippen molar-refractivity contribution in [3.8, 4) is 11.5 Å². The Bertz CT molecular complexity index is 1290. The average molecular weight is 494 g/mol. The summed E-state index contributed by atoms with van der Waals surface area (Å²) in [5, 5.41) is 2.83. The fourth-order valence-electron chi connectivity index (χ4n) is 4.28. The number of anilines is 3. The zero-order chi connectivity index (χ0) is 24.3. The number of nitrogens with zero attached hydrogens (tertiary/aromatic N) is 2. The summed E-state index contributed by atoms with van der Waals surface area (Å²) in [6.45, 7) is 2.47. The van der Waals surface area contributed by atoms with Crippen molar-refractivity contribution in [2.75, 3.05) is 47.4 Å². The molecule has 1 saturated heterocycles. The van der Waals surface area contributed by atoms with Crippen LogP contribution in [0.25, 0.3) is 0 Å². The number of hydrogen-bond acceptors (Lipinski definition) is 6. The Hall–Kier alpha value is -3.72. The minimum absolute atomic E-state index is 0.0951. The summed E-state index contributed by atoms with van der Waals surface area (Å²) in [7, 11) is -4.02. The molecule has 1 amide bonds. The maximum atomic E-state index is 13.5. The molecule has 0 radical (unpaired) electrons. The first kappa shape index (κ1) is 23.0. The van der Waals surface area contributed by atoms with Gasteiger partial charge in [-0.1, -0.05) is 18.2 Å². The Morgan fingerprint density at radius 3 is 2.29 bits per heavy atom. The van der Waals surface area contributed by atoms with Crippen LogP contribution >= 0.6 is 0 Å². The summed E-state index contributed by atoms with van der Waals surface area (Å²) in [6.07, 6.45) is 2.37. The summed E-state index contributed by atoms with van der Waals surface area (Å²) in [5.41, 5.74) is 2.04. The molecule has 0 bridgehead atoms. The maximum Gasteiger partial charge on any atom is 0.264 e. The number of fused-ring (bicyclic) bond motifs is 1. The molecular formula is C26H27N3O5S. The van der Waals surface area contributed by atoms with E-state index in [0.29, 0.717) is 36.1 Å². The minimum Gasteiger partial charge on any atom is -0.486 e. The SMILES string of the molecule is O=C(CN(c1ccc2c(c1)OCCO2)S(=O)(=O)c1ccccc1)Nc1ccc(N2CCCC2)cc1. The van der Waals surface area contributed by atoms with Crippen molar-refractivity contribution in [3.63, 3.8) is 0 Å². The summed E-state index contributed by atoms with van der Waals surface area (Å²) >= 11 is 0. The molecule has 9 heteroatoms. The van der Waals surface area contributed by atoms with Gasteiger partial charge in [-0.25, -0.2) is 8.42 Å². The second kappa shape index (κ2) is 9.87. The number of carbonyl (C=O) groups is 1. The van der Waals surface area contributed by atoms with Crippen molar-refractivity contribution in [2.24, 2.45) is 0 Å². The number of hydrogen-bond donors (Lipinski definition) is 1. The third-order valence-electron chi connectivity index (χ3n) is 6.05. The molecule has 2 heterocycles. The van der Waals surface area contributed by atoms with Crippen LogP contribution in [0.4, 0.5) is 17.1 Å². The quantitative estimate of drug-likeness (QED) is 0.537. The monoisotopic (exact) mass is 493 g/mol. The van der Waals surface area contributed by atoms with Crippen molar-refractivity contribution < 1.29 is 22.7 Å². The second-order valence-corrected chi connectivity index (χ2v) is 10.3. The summed E-state index contributed by atoms with van der Waals surface area (Å²) in [6, 6.07) is 20.5. The van der Waals surface area contributed by atoms with E-state index in [4.69, 9.17) is 9.47 Å². The lowest BCUT2D eigenvalue weighted by molar-refractivity contribution is -0.114. The van der Waals surface area contributed by atoms with Crippen LogP contribution in [-0.4, -0.2) is 47.2 Å². The average Bonchev–Trinajstić information content (AvgIpc) is 3.43. The number of amides is 1. The van der Waals surface area contributed by atoms with E-state index < -0.39 is 22.5 Å². The van der Waals surface area contributed by atoms with Gasteiger partial charge in [-0.3, -0.25) is 9.10 Å². The fraction of sp³-hybridized carbons (Fsp3) is 0.269. The normalized spacial score (nSPS) is 15.0. The molecule has 0 saturated carbocycles. The predicted molar refractivity (Wildman–Crippen MR) is 135 cm³/mol. The first-order valence-electron chi connectivity index (χ1n) is 11.6. The molecule has 5 rings (SSSR count). The molecule has 1 fully saturated rings. The lowest BCUT2D eigenvalue weighted by Gasteiger charge is -2.26. The van der Waals surface area contributed by atoms with Gasteiger partial charge in [0.1, 0.15) is 19.8 Å². The van der Waals surface area contributed by atoms with Gasteiger partial charge < -0.3 is 19.7 Å². The fourth-order valence-corrected chi connectivity index (χ4v) is 5.72. The van der Waals surface area contributed by atoms with E-state index in [1.807, 2.05) is 24.3 Å². The Morgan fingerprint density at radius 1 is 0.886 bits per heavy atom. The number of carbonyl (C=O) groups excluding carboxylic acids is 1. The number of rotatable bonds is 7. The summed E-state index contributed by atoms with van der Waals surface area (Å²) < 4.78 is 39.4. The van der Waals surface area contributed by atoms with Crippen molar-refractivity contribution in [2.45, 2.75) is 17.7 Å². The minimum atomic E-state index is -4.02. The van der Waals surface area contributed by atoms with Crippen LogP contribution in [0.2, 0.25) is 0 Å². The highest BCUT2D eigenvalue weighted by atomic mass is 32.2. The Labute approximate surface area is 205 Å². The van der Waals surface area contributed by atoms with Gasteiger partial charge in [0, 0.05) is 30.5 Å².